The molecule has 2 heterocycles. The van der Waals surface area contributed by atoms with Gasteiger partial charge in [-0.05, 0) is 12.8 Å². The molecule has 0 saturated carbocycles. The number of hydrogen-bond acceptors (Lipinski definition) is 5. The van der Waals surface area contributed by atoms with Gasteiger partial charge in [0.2, 0.25) is 5.91 Å². The molecule has 114 valence electrons. The quantitative estimate of drug-likeness (QED) is 0.864. The van der Waals surface area contributed by atoms with Gasteiger partial charge in [-0.1, -0.05) is 0 Å². The summed E-state index contributed by atoms with van der Waals surface area (Å²) in [5, 5.41) is 4.73. The first-order chi connectivity index (χ1) is 9.88. The molecular weight excluding hydrogens is 307 g/mol. The second-order valence-electron chi connectivity index (χ2n) is 4.40. The molecule has 0 aromatic carbocycles. The molecule has 5 nitrogen and oxygen atoms in total. The van der Waals surface area contributed by atoms with Gasteiger partial charge in [-0.15, -0.1) is 11.3 Å². The first-order valence-corrected chi connectivity index (χ1v) is 7.01. The minimum atomic E-state index is -4.89. The fourth-order valence-corrected chi connectivity index (χ4v) is 2.51. The van der Waals surface area contributed by atoms with Gasteiger partial charge in [0.1, 0.15) is 6.04 Å². The van der Waals surface area contributed by atoms with Gasteiger partial charge in [-0.25, -0.2) is 4.98 Å². The van der Waals surface area contributed by atoms with Crippen LogP contribution in [-0.4, -0.2) is 40.3 Å². The van der Waals surface area contributed by atoms with Crippen LogP contribution in [0.3, 0.4) is 0 Å². The molecule has 0 unspecified atom stereocenters. The summed E-state index contributed by atoms with van der Waals surface area (Å²) in [5.41, 5.74) is 0. The van der Waals surface area contributed by atoms with Crippen molar-refractivity contribution in [1.29, 1.82) is 0 Å². The number of aromatic nitrogens is 1. The van der Waals surface area contributed by atoms with Crippen molar-refractivity contribution >= 4 is 28.2 Å². The second-order valence-corrected chi connectivity index (χ2v) is 5.29. The molecular formula is C12H12F3N3O2S. The van der Waals surface area contributed by atoms with Crippen molar-refractivity contribution in [1.82, 2.24) is 9.88 Å². The number of thiazole rings is 1. The largest absolute Gasteiger partial charge is 0.454 e. The fourth-order valence-electron chi connectivity index (χ4n) is 1.98. The summed E-state index contributed by atoms with van der Waals surface area (Å²) in [6.07, 6.45) is -0.685. The molecule has 1 fully saturated rings. The number of ketones is 1. The van der Waals surface area contributed by atoms with Crippen molar-refractivity contribution in [3.8, 4) is 0 Å². The zero-order valence-corrected chi connectivity index (χ0v) is 11.6. The van der Waals surface area contributed by atoms with Crippen LogP contribution in [0.5, 0.6) is 0 Å². The van der Waals surface area contributed by atoms with Crippen molar-refractivity contribution in [3.05, 3.63) is 23.9 Å². The van der Waals surface area contributed by atoms with E-state index < -0.39 is 18.0 Å². The average molecular weight is 319 g/mol. The summed E-state index contributed by atoms with van der Waals surface area (Å²) >= 11 is 1.25. The lowest BCUT2D eigenvalue weighted by Gasteiger charge is -2.21. The van der Waals surface area contributed by atoms with Crippen molar-refractivity contribution < 1.29 is 22.8 Å². The molecule has 1 aromatic rings. The van der Waals surface area contributed by atoms with Gasteiger partial charge in [-0.3, -0.25) is 9.59 Å². The Morgan fingerprint density at radius 1 is 1.48 bits per heavy atom. The number of carbonyl (C=O) groups excluding carboxylic acids is 2. The van der Waals surface area contributed by atoms with Crippen LogP contribution in [-0.2, 0) is 9.59 Å². The number of halogens is 3. The maximum Gasteiger partial charge on any atom is 0.454 e. The zero-order valence-electron chi connectivity index (χ0n) is 10.8. The molecule has 21 heavy (non-hydrogen) atoms. The number of hydrogen-bond donors (Lipinski definition) is 1. The predicted molar refractivity (Wildman–Crippen MR) is 70.7 cm³/mol. The van der Waals surface area contributed by atoms with Gasteiger partial charge in [-0.2, -0.15) is 13.2 Å². The summed E-state index contributed by atoms with van der Waals surface area (Å²) in [6.45, 7) is 0.428. The fraction of sp³-hybridized carbons (Fsp3) is 0.417. The Morgan fingerprint density at radius 3 is 2.86 bits per heavy atom. The number of amides is 1. The van der Waals surface area contributed by atoms with E-state index in [9.17, 15) is 22.8 Å². The Hall–Kier alpha value is -1.90. The third-order valence-corrected chi connectivity index (χ3v) is 3.64. The van der Waals surface area contributed by atoms with Gasteiger partial charge in [0.15, 0.2) is 5.13 Å². The smallest absolute Gasteiger partial charge is 0.365 e. The lowest BCUT2D eigenvalue weighted by Crippen LogP contribution is -2.36. The molecule has 1 saturated heterocycles. The highest BCUT2D eigenvalue weighted by Crippen LogP contribution is 2.21. The number of alkyl halides is 3. The van der Waals surface area contributed by atoms with E-state index in [1.807, 2.05) is 0 Å². The first kappa shape index (κ1) is 15.5. The summed E-state index contributed by atoms with van der Waals surface area (Å²) in [6, 6.07) is -0.591. The van der Waals surface area contributed by atoms with Crippen molar-refractivity contribution in [3.63, 3.8) is 0 Å². The molecule has 2 rings (SSSR count). The van der Waals surface area contributed by atoms with Crippen LogP contribution < -0.4 is 5.32 Å². The number of rotatable bonds is 4. The summed E-state index contributed by atoms with van der Waals surface area (Å²) in [5.74, 6) is -2.28. The molecule has 0 radical (unpaired) electrons. The van der Waals surface area contributed by atoms with Crippen molar-refractivity contribution in [2.75, 3.05) is 11.9 Å². The second kappa shape index (κ2) is 6.25. The molecule has 1 aromatic heterocycles. The van der Waals surface area contributed by atoms with E-state index in [1.54, 1.807) is 5.38 Å². The molecule has 0 spiro atoms. The number of nitrogens with zero attached hydrogens (tertiary/aromatic N) is 2. The van der Waals surface area contributed by atoms with E-state index in [2.05, 4.69) is 10.3 Å². The Morgan fingerprint density at radius 2 is 2.24 bits per heavy atom. The third-order valence-electron chi connectivity index (χ3n) is 2.96. The molecule has 1 N–H and O–H groups in total. The molecule has 9 heteroatoms. The lowest BCUT2D eigenvalue weighted by molar-refractivity contribution is -0.165. The maximum absolute atomic E-state index is 12.1. The summed E-state index contributed by atoms with van der Waals surface area (Å²) in [4.78, 5) is 28.2. The molecule has 0 aliphatic carbocycles. The standard InChI is InChI=1S/C12H12F3N3O2S/c13-12(14,15)9(19)3-6-18-5-1-2-8(18)10(20)17-11-16-4-7-21-11/h3-4,6-8H,1-2,5H2,(H,16,17,20)/b6-3+/t8-/m1/s1. The van der Waals surface area contributed by atoms with Crippen LogP contribution in [0.15, 0.2) is 23.9 Å². The monoisotopic (exact) mass is 319 g/mol. The van der Waals surface area contributed by atoms with Gasteiger partial charge in [0.05, 0.1) is 0 Å². The predicted octanol–water partition coefficient (Wildman–Crippen LogP) is 2.19. The van der Waals surface area contributed by atoms with Crippen LogP contribution in [0, 0.1) is 0 Å². The minimum Gasteiger partial charge on any atom is -0.365 e. The van der Waals surface area contributed by atoms with Gasteiger partial charge < -0.3 is 10.2 Å². The van der Waals surface area contributed by atoms with Crippen LogP contribution in [0.2, 0.25) is 0 Å². The van der Waals surface area contributed by atoms with Gasteiger partial charge in [0, 0.05) is 30.4 Å². The van der Waals surface area contributed by atoms with Crippen LogP contribution >= 0.6 is 11.3 Å². The number of likely N-dealkylation sites (tertiary alicyclic amines) is 1. The maximum atomic E-state index is 12.1. The average Bonchev–Trinajstić information content (AvgIpc) is 3.04. The van der Waals surface area contributed by atoms with Gasteiger partial charge in [0.25, 0.3) is 5.78 Å². The zero-order chi connectivity index (χ0) is 15.5. The van der Waals surface area contributed by atoms with E-state index in [0.29, 0.717) is 30.6 Å². The Kier molecular flexibility index (Phi) is 4.61. The summed E-state index contributed by atoms with van der Waals surface area (Å²) in [7, 11) is 0. The van der Waals surface area contributed by atoms with E-state index in [0.717, 1.165) is 6.20 Å². The topological polar surface area (TPSA) is 62.3 Å². The molecule has 1 atom stereocenters. The number of allylic oxidation sites excluding steroid dienone is 1. The van der Waals surface area contributed by atoms with Crippen LogP contribution in [0.1, 0.15) is 12.8 Å². The normalized spacial score (nSPS) is 19.2. The highest BCUT2D eigenvalue weighted by molar-refractivity contribution is 7.13. The highest BCUT2D eigenvalue weighted by Gasteiger charge is 2.37. The Labute approximate surface area is 122 Å². The van der Waals surface area contributed by atoms with Crippen LogP contribution in [0.4, 0.5) is 18.3 Å². The van der Waals surface area contributed by atoms with E-state index >= 15 is 0 Å². The lowest BCUT2D eigenvalue weighted by atomic mass is 10.2. The van der Waals surface area contributed by atoms with Crippen molar-refractivity contribution in [2.45, 2.75) is 25.1 Å². The molecule has 1 aliphatic heterocycles. The molecule has 1 aliphatic rings. The SMILES string of the molecule is O=C(Nc1nccs1)[C@H]1CCCN1/C=C/C(=O)C(F)(F)F. The van der Waals surface area contributed by atoms with E-state index in [-0.39, 0.29) is 5.91 Å². The first-order valence-electron chi connectivity index (χ1n) is 6.13. The Balaban J connectivity index is 1.98. The highest BCUT2D eigenvalue weighted by atomic mass is 32.1. The summed E-state index contributed by atoms with van der Waals surface area (Å²) < 4.78 is 36.4. The van der Waals surface area contributed by atoms with E-state index in [4.69, 9.17) is 0 Å². The number of nitrogens with one attached hydrogen (secondary N) is 1. The molecule has 1 amide bonds. The Bertz CT molecular complexity index is 542. The molecule has 0 bridgehead atoms. The minimum absolute atomic E-state index is 0.341. The van der Waals surface area contributed by atoms with Gasteiger partial charge >= 0.3 is 6.18 Å². The number of anilines is 1. The van der Waals surface area contributed by atoms with Crippen molar-refractivity contribution in [2.24, 2.45) is 0 Å². The third kappa shape index (κ3) is 4.03. The van der Waals surface area contributed by atoms with E-state index in [1.165, 1.54) is 22.4 Å². The number of carbonyl (C=O) groups is 2. The van der Waals surface area contributed by atoms with Crippen LogP contribution in [0.25, 0.3) is 0 Å².